The first kappa shape index (κ1) is 17.7. The van der Waals surface area contributed by atoms with Crippen molar-refractivity contribution in [2.45, 2.75) is 23.6 Å². The average molecular weight is 359 g/mol. The summed E-state index contributed by atoms with van der Waals surface area (Å²) < 4.78 is 5.38. The number of amides is 1. The number of hydrogen-bond acceptors (Lipinski definition) is 6. The van der Waals surface area contributed by atoms with Crippen molar-refractivity contribution >= 4 is 17.7 Å². The topological polar surface area (TPSA) is 75.6 Å². The first-order valence-corrected chi connectivity index (χ1v) is 9.31. The normalized spacial score (nSPS) is 20.4. The van der Waals surface area contributed by atoms with Crippen LogP contribution in [0.15, 0.2) is 41.8 Å². The number of methoxy groups -OCH3 is 1. The van der Waals surface area contributed by atoms with Crippen LogP contribution < -0.4 is 4.74 Å². The van der Waals surface area contributed by atoms with Gasteiger partial charge in [0.25, 0.3) is 5.91 Å². The highest BCUT2D eigenvalue weighted by molar-refractivity contribution is 7.98. The van der Waals surface area contributed by atoms with E-state index >= 15 is 0 Å². The van der Waals surface area contributed by atoms with Crippen molar-refractivity contribution in [1.82, 2.24) is 14.9 Å². The van der Waals surface area contributed by atoms with E-state index in [2.05, 4.69) is 9.97 Å². The molecule has 1 amide bonds. The molecule has 0 spiro atoms. The zero-order valence-corrected chi connectivity index (χ0v) is 15.1. The molecule has 1 atom stereocenters. The summed E-state index contributed by atoms with van der Waals surface area (Å²) >= 11 is 1.42. The Morgan fingerprint density at radius 2 is 2.04 bits per heavy atom. The Morgan fingerprint density at radius 1 is 1.32 bits per heavy atom. The number of β-amino-alcohol motifs (C(OH)–C–C–N with tert-alkyl or cyclic N) is 1. The number of likely N-dealkylation sites (tertiary alicyclic amines) is 1. The Kier molecular flexibility index (Phi) is 5.24. The van der Waals surface area contributed by atoms with Crippen LogP contribution >= 0.6 is 11.8 Å². The van der Waals surface area contributed by atoms with Gasteiger partial charge < -0.3 is 14.7 Å². The van der Waals surface area contributed by atoms with Gasteiger partial charge in [-0.05, 0) is 25.2 Å². The highest BCUT2D eigenvalue weighted by atomic mass is 32.2. The van der Waals surface area contributed by atoms with E-state index in [9.17, 15) is 9.90 Å². The zero-order chi connectivity index (χ0) is 17.9. The summed E-state index contributed by atoms with van der Waals surface area (Å²) in [5, 5.41) is 11.8. The number of piperidine rings is 1. The molecule has 25 heavy (non-hydrogen) atoms. The molecule has 6 nitrogen and oxygen atoms in total. The monoisotopic (exact) mass is 359 g/mol. The minimum Gasteiger partial charge on any atom is -0.496 e. The second-order valence-electron chi connectivity index (χ2n) is 6.02. The van der Waals surface area contributed by atoms with Crippen LogP contribution in [0, 0.1) is 0 Å². The Hall–Kier alpha value is -2.12. The van der Waals surface area contributed by atoms with Crippen LogP contribution in [-0.4, -0.2) is 52.3 Å². The number of nitrogens with zero attached hydrogens (tertiary/aromatic N) is 3. The Bertz CT molecular complexity index is 753. The number of benzene rings is 1. The number of para-hydroxylation sites is 1. The van der Waals surface area contributed by atoms with Gasteiger partial charge in [-0.3, -0.25) is 4.79 Å². The summed E-state index contributed by atoms with van der Waals surface area (Å²) in [5.74, 6) is 0.465. The summed E-state index contributed by atoms with van der Waals surface area (Å²) in [6.07, 6.45) is 6.26. The lowest BCUT2D eigenvalue weighted by Gasteiger charge is -2.40. The largest absolute Gasteiger partial charge is 0.496 e. The molecule has 1 saturated heterocycles. The molecule has 1 aromatic heterocycles. The molecule has 1 N–H and O–H groups in total. The highest BCUT2D eigenvalue weighted by Gasteiger charge is 2.38. The minimum atomic E-state index is -1.12. The maximum Gasteiger partial charge on any atom is 0.257 e. The van der Waals surface area contributed by atoms with Crippen LogP contribution in [0.2, 0.25) is 0 Å². The molecule has 132 valence electrons. The summed E-state index contributed by atoms with van der Waals surface area (Å²) in [7, 11) is 1.58. The van der Waals surface area contributed by atoms with Gasteiger partial charge in [-0.2, -0.15) is 0 Å². The molecule has 1 aliphatic rings. The molecule has 3 rings (SSSR count). The van der Waals surface area contributed by atoms with E-state index in [-0.39, 0.29) is 12.5 Å². The third-order valence-electron chi connectivity index (χ3n) is 4.42. The van der Waals surface area contributed by atoms with Gasteiger partial charge in [0.15, 0.2) is 5.16 Å². The van der Waals surface area contributed by atoms with E-state index in [0.29, 0.717) is 41.4 Å². The van der Waals surface area contributed by atoms with Crippen molar-refractivity contribution in [2.24, 2.45) is 0 Å². The van der Waals surface area contributed by atoms with Crippen LogP contribution in [0.4, 0.5) is 0 Å². The number of aliphatic hydroxyl groups is 1. The number of hydrogen-bond donors (Lipinski definition) is 1. The molecule has 0 bridgehead atoms. The van der Waals surface area contributed by atoms with Crippen molar-refractivity contribution in [3.63, 3.8) is 0 Å². The van der Waals surface area contributed by atoms with Crippen LogP contribution in [0.25, 0.3) is 0 Å². The van der Waals surface area contributed by atoms with Crippen LogP contribution in [0.3, 0.4) is 0 Å². The zero-order valence-electron chi connectivity index (χ0n) is 14.3. The third kappa shape index (κ3) is 3.62. The van der Waals surface area contributed by atoms with E-state index in [1.807, 2.05) is 30.5 Å². The molecule has 0 aliphatic carbocycles. The van der Waals surface area contributed by atoms with Crippen molar-refractivity contribution < 1.29 is 14.6 Å². The Labute approximate surface area is 151 Å². The molecular weight excluding hydrogens is 338 g/mol. The first-order valence-electron chi connectivity index (χ1n) is 8.08. The molecule has 0 unspecified atom stereocenters. The van der Waals surface area contributed by atoms with Gasteiger partial charge in [0, 0.05) is 24.5 Å². The number of aromatic nitrogens is 2. The Balaban J connectivity index is 1.83. The molecule has 7 heteroatoms. The lowest BCUT2D eigenvalue weighted by molar-refractivity contribution is -0.0303. The lowest BCUT2D eigenvalue weighted by Crippen LogP contribution is -2.48. The van der Waals surface area contributed by atoms with E-state index < -0.39 is 5.60 Å². The number of thioether (sulfide) groups is 1. The van der Waals surface area contributed by atoms with Gasteiger partial charge in [-0.25, -0.2) is 9.97 Å². The van der Waals surface area contributed by atoms with E-state index in [1.165, 1.54) is 24.2 Å². The molecule has 2 heterocycles. The van der Waals surface area contributed by atoms with Crippen molar-refractivity contribution in [3.05, 3.63) is 47.8 Å². The molecule has 1 aromatic carbocycles. The second kappa shape index (κ2) is 7.41. The fourth-order valence-electron chi connectivity index (χ4n) is 3.17. The highest BCUT2D eigenvalue weighted by Crippen LogP contribution is 2.37. The lowest BCUT2D eigenvalue weighted by atomic mass is 9.85. The van der Waals surface area contributed by atoms with Crippen LogP contribution in [0.5, 0.6) is 5.75 Å². The fraction of sp³-hybridized carbons (Fsp3) is 0.389. The maximum absolute atomic E-state index is 12.8. The predicted molar refractivity (Wildman–Crippen MR) is 95.8 cm³/mol. The smallest absolute Gasteiger partial charge is 0.257 e. The quantitative estimate of drug-likeness (QED) is 0.667. The second-order valence-corrected chi connectivity index (χ2v) is 6.79. The van der Waals surface area contributed by atoms with E-state index in [0.717, 1.165) is 0 Å². The van der Waals surface area contributed by atoms with Crippen molar-refractivity contribution in [3.8, 4) is 5.75 Å². The van der Waals surface area contributed by atoms with Gasteiger partial charge in [0.1, 0.15) is 11.4 Å². The summed E-state index contributed by atoms with van der Waals surface area (Å²) in [5.41, 5.74) is 0.0201. The molecule has 0 saturated carbocycles. The summed E-state index contributed by atoms with van der Waals surface area (Å²) in [6, 6.07) is 7.40. The minimum absolute atomic E-state index is 0.166. The first-order chi connectivity index (χ1) is 12.1. The number of rotatable bonds is 4. The molecule has 1 fully saturated rings. The van der Waals surface area contributed by atoms with Crippen LogP contribution in [-0.2, 0) is 5.60 Å². The van der Waals surface area contributed by atoms with Gasteiger partial charge in [0.2, 0.25) is 0 Å². The van der Waals surface area contributed by atoms with E-state index in [4.69, 9.17) is 4.74 Å². The van der Waals surface area contributed by atoms with Gasteiger partial charge >= 0.3 is 0 Å². The Morgan fingerprint density at radius 3 is 2.72 bits per heavy atom. The molecule has 1 aliphatic heterocycles. The SMILES string of the molecule is COc1ccccc1[C@]1(O)CCCN(C(=O)c2cnc(SC)nc2)C1. The predicted octanol–water partition coefficient (Wildman–Crippen LogP) is 2.33. The number of carbonyl (C=O) groups is 1. The molecule has 2 aromatic rings. The average Bonchev–Trinajstić information content (AvgIpc) is 2.67. The van der Waals surface area contributed by atoms with Gasteiger partial charge in [0.05, 0.1) is 19.2 Å². The summed E-state index contributed by atoms with van der Waals surface area (Å²) in [4.78, 5) is 22.7. The molecule has 0 radical (unpaired) electrons. The van der Waals surface area contributed by atoms with Crippen LogP contribution in [0.1, 0.15) is 28.8 Å². The van der Waals surface area contributed by atoms with Gasteiger partial charge in [-0.15, -0.1) is 0 Å². The van der Waals surface area contributed by atoms with Gasteiger partial charge in [-0.1, -0.05) is 30.0 Å². The summed E-state index contributed by atoms with van der Waals surface area (Å²) in [6.45, 7) is 0.817. The number of ether oxygens (including phenoxy) is 1. The van der Waals surface area contributed by atoms with Crippen molar-refractivity contribution in [1.29, 1.82) is 0 Å². The number of carbonyl (C=O) groups excluding carboxylic acids is 1. The standard InChI is InChI=1S/C18H21N3O3S/c1-24-15-7-4-3-6-14(15)18(23)8-5-9-21(12-18)16(22)13-10-19-17(25-2)20-11-13/h3-4,6-7,10-11,23H,5,8-9,12H2,1-2H3/t18-/m0/s1. The van der Waals surface area contributed by atoms with E-state index in [1.54, 1.807) is 12.0 Å². The third-order valence-corrected chi connectivity index (χ3v) is 5.00. The molecular formula is C18H21N3O3S. The fourth-order valence-corrected chi connectivity index (χ4v) is 3.49. The van der Waals surface area contributed by atoms with Crippen molar-refractivity contribution in [2.75, 3.05) is 26.5 Å². The maximum atomic E-state index is 12.8.